The Balaban J connectivity index is 1.97. The lowest BCUT2D eigenvalue weighted by Gasteiger charge is -2.33. The minimum Gasteiger partial charge on any atom is -0.444 e. The maximum absolute atomic E-state index is 12.8. The number of nitrogens with zero attached hydrogens (tertiary/aromatic N) is 1. The summed E-state index contributed by atoms with van der Waals surface area (Å²) in [6, 6.07) is 5.90. The van der Waals surface area contributed by atoms with Crippen LogP contribution in [0.3, 0.4) is 0 Å². The van der Waals surface area contributed by atoms with Gasteiger partial charge in [0.2, 0.25) is 10.0 Å². The van der Waals surface area contributed by atoms with Gasteiger partial charge >= 0.3 is 6.09 Å². The lowest BCUT2D eigenvalue weighted by molar-refractivity contribution is 0.0473. The van der Waals surface area contributed by atoms with Crippen LogP contribution in [0.25, 0.3) is 0 Å². The van der Waals surface area contributed by atoms with Gasteiger partial charge in [0, 0.05) is 31.2 Å². The van der Waals surface area contributed by atoms with Gasteiger partial charge in [-0.15, -0.1) is 6.58 Å². The van der Waals surface area contributed by atoms with Gasteiger partial charge in [-0.05, 0) is 51.8 Å². The second-order valence-corrected chi connectivity index (χ2v) is 9.65. The third-order valence-electron chi connectivity index (χ3n) is 4.31. The Morgan fingerprint density at radius 1 is 1.28 bits per heavy atom. The van der Waals surface area contributed by atoms with E-state index >= 15 is 0 Å². The van der Waals surface area contributed by atoms with Crippen LogP contribution >= 0.6 is 0 Å². The molecule has 1 heterocycles. The highest BCUT2D eigenvalue weighted by atomic mass is 32.2. The summed E-state index contributed by atoms with van der Waals surface area (Å²) >= 11 is 0. The molecule has 0 unspecified atom stereocenters. The van der Waals surface area contributed by atoms with Crippen molar-refractivity contribution in [2.75, 3.05) is 19.6 Å². The molecule has 1 aliphatic heterocycles. The average molecular weight is 424 g/mol. The van der Waals surface area contributed by atoms with Gasteiger partial charge in [-0.3, -0.25) is 4.79 Å². The van der Waals surface area contributed by atoms with E-state index < -0.39 is 21.7 Å². The monoisotopic (exact) mass is 423 g/mol. The van der Waals surface area contributed by atoms with Gasteiger partial charge in [0.05, 0.1) is 4.90 Å². The van der Waals surface area contributed by atoms with Crippen molar-refractivity contribution in [3.63, 3.8) is 0 Å². The standard InChI is InChI=1S/C20H29N3O5S/c1-5-11-21-29(26,27)17-8-6-7-15(14-17)18(24)23-12-9-16(10-13-23)22-19(25)28-20(2,3)4/h5-8,14,16,21H,1,9-13H2,2-4H3,(H,22,25). The minimum absolute atomic E-state index is 0.0340. The van der Waals surface area contributed by atoms with Crippen LogP contribution in [0.4, 0.5) is 4.79 Å². The normalized spacial score (nSPS) is 15.6. The summed E-state index contributed by atoms with van der Waals surface area (Å²) < 4.78 is 32.1. The predicted molar refractivity (Wildman–Crippen MR) is 110 cm³/mol. The van der Waals surface area contributed by atoms with E-state index in [0.717, 1.165) is 0 Å². The molecule has 0 spiro atoms. The van der Waals surface area contributed by atoms with Gasteiger partial charge in [0.15, 0.2) is 0 Å². The fourth-order valence-corrected chi connectivity index (χ4v) is 3.98. The number of amides is 2. The first-order valence-electron chi connectivity index (χ1n) is 9.51. The van der Waals surface area contributed by atoms with Gasteiger partial charge in [0.1, 0.15) is 5.60 Å². The topological polar surface area (TPSA) is 105 Å². The van der Waals surface area contributed by atoms with E-state index in [1.54, 1.807) is 37.8 Å². The SMILES string of the molecule is C=CCNS(=O)(=O)c1cccc(C(=O)N2CCC(NC(=O)OC(C)(C)C)CC2)c1. The summed E-state index contributed by atoms with van der Waals surface area (Å²) in [5.74, 6) is -0.235. The number of nitrogens with one attached hydrogen (secondary N) is 2. The molecule has 1 fully saturated rings. The number of carbonyl (C=O) groups is 2. The summed E-state index contributed by atoms with van der Waals surface area (Å²) in [6.07, 6.45) is 2.18. The maximum atomic E-state index is 12.8. The van der Waals surface area contributed by atoms with E-state index in [-0.39, 0.29) is 23.4 Å². The van der Waals surface area contributed by atoms with Crippen molar-refractivity contribution in [3.05, 3.63) is 42.5 Å². The maximum Gasteiger partial charge on any atom is 0.407 e. The van der Waals surface area contributed by atoms with E-state index in [1.165, 1.54) is 18.2 Å². The molecule has 1 aromatic rings. The lowest BCUT2D eigenvalue weighted by atomic mass is 10.0. The molecule has 1 saturated heterocycles. The lowest BCUT2D eigenvalue weighted by Crippen LogP contribution is -2.47. The number of hydrogen-bond donors (Lipinski definition) is 2. The molecular formula is C20H29N3O5S. The number of hydrogen-bond acceptors (Lipinski definition) is 5. The Hall–Kier alpha value is -2.39. The minimum atomic E-state index is -3.70. The molecule has 0 aliphatic carbocycles. The number of ether oxygens (including phenoxy) is 1. The Labute approximate surface area is 172 Å². The Kier molecular flexibility index (Phi) is 7.43. The number of likely N-dealkylation sites (tertiary alicyclic amines) is 1. The molecule has 0 aromatic heterocycles. The first kappa shape index (κ1) is 22.9. The van der Waals surface area contributed by atoms with Gasteiger partial charge in [-0.1, -0.05) is 12.1 Å². The largest absolute Gasteiger partial charge is 0.444 e. The highest BCUT2D eigenvalue weighted by Gasteiger charge is 2.27. The third kappa shape index (κ3) is 6.86. The molecule has 2 N–H and O–H groups in total. The molecule has 0 atom stereocenters. The van der Waals surface area contributed by atoms with Crippen molar-refractivity contribution in [2.45, 2.75) is 50.2 Å². The van der Waals surface area contributed by atoms with E-state index in [0.29, 0.717) is 31.5 Å². The zero-order chi connectivity index (χ0) is 21.7. The van der Waals surface area contributed by atoms with Crippen molar-refractivity contribution >= 4 is 22.0 Å². The van der Waals surface area contributed by atoms with Crippen molar-refractivity contribution in [2.24, 2.45) is 0 Å². The Morgan fingerprint density at radius 2 is 1.93 bits per heavy atom. The van der Waals surface area contributed by atoms with Gasteiger partial charge < -0.3 is 15.0 Å². The van der Waals surface area contributed by atoms with Gasteiger partial charge in [-0.2, -0.15) is 0 Å². The molecule has 9 heteroatoms. The van der Waals surface area contributed by atoms with Crippen LogP contribution < -0.4 is 10.0 Å². The number of benzene rings is 1. The van der Waals surface area contributed by atoms with E-state index in [9.17, 15) is 18.0 Å². The van der Waals surface area contributed by atoms with Crippen molar-refractivity contribution in [3.8, 4) is 0 Å². The predicted octanol–water partition coefficient (Wildman–Crippen LogP) is 2.28. The number of piperidine rings is 1. The highest BCUT2D eigenvalue weighted by Crippen LogP contribution is 2.17. The third-order valence-corrected chi connectivity index (χ3v) is 5.73. The number of sulfonamides is 1. The zero-order valence-corrected chi connectivity index (χ0v) is 17.9. The highest BCUT2D eigenvalue weighted by molar-refractivity contribution is 7.89. The van der Waals surface area contributed by atoms with Crippen molar-refractivity contribution < 1.29 is 22.7 Å². The van der Waals surface area contributed by atoms with Crippen LogP contribution in [-0.2, 0) is 14.8 Å². The summed E-state index contributed by atoms with van der Waals surface area (Å²) in [5, 5.41) is 2.83. The number of alkyl carbamates (subject to hydrolysis) is 1. The Bertz CT molecular complexity index is 853. The second-order valence-electron chi connectivity index (χ2n) is 7.88. The molecule has 29 heavy (non-hydrogen) atoms. The molecule has 1 aromatic carbocycles. The quantitative estimate of drug-likeness (QED) is 0.683. The number of rotatable bonds is 6. The van der Waals surface area contributed by atoms with Crippen LogP contribution in [0.1, 0.15) is 44.0 Å². The average Bonchev–Trinajstić information content (AvgIpc) is 2.65. The van der Waals surface area contributed by atoms with E-state index in [1.807, 2.05) is 0 Å². The Morgan fingerprint density at radius 3 is 2.52 bits per heavy atom. The first-order valence-corrected chi connectivity index (χ1v) is 11.0. The second kappa shape index (κ2) is 9.41. The molecule has 0 bridgehead atoms. The molecule has 0 saturated carbocycles. The van der Waals surface area contributed by atoms with Crippen LogP contribution in [0.5, 0.6) is 0 Å². The zero-order valence-electron chi connectivity index (χ0n) is 17.1. The van der Waals surface area contributed by atoms with Gasteiger partial charge in [-0.25, -0.2) is 17.9 Å². The van der Waals surface area contributed by atoms with Crippen LogP contribution in [0, 0.1) is 0 Å². The summed E-state index contributed by atoms with van der Waals surface area (Å²) in [6.45, 7) is 9.92. The molecule has 8 nitrogen and oxygen atoms in total. The van der Waals surface area contributed by atoms with Gasteiger partial charge in [0.25, 0.3) is 5.91 Å². The fraction of sp³-hybridized carbons (Fsp3) is 0.500. The van der Waals surface area contributed by atoms with Crippen molar-refractivity contribution in [1.82, 2.24) is 14.9 Å². The summed E-state index contributed by atoms with van der Waals surface area (Å²) in [5.41, 5.74) is -0.253. The van der Waals surface area contributed by atoms with Crippen LogP contribution in [-0.4, -0.2) is 56.6 Å². The first-order chi connectivity index (χ1) is 13.5. The molecule has 2 rings (SSSR count). The van der Waals surface area contributed by atoms with Crippen molar-refractivity contribution in [1.29, 1.82) is 0 Å². The molecule has 1 aliphatic rings. The van der Waals surface area contributed by atoms with E-state index in [2.05, 4.69) is 16.6 Å². The molecule has 160 valence electrons. The molecule has 0 radical (unpaired) electrons. The fourth-order valence-electron chi connectivity index (χ4n) is 2.93. The number of carbonyl (C=O) groups excluding carboxylic acids is 2. The summed E-state index contributed by atoms with van der Waals surface area (Å²) in [4.78, 5) is 26.4. The summed E-state index contributed by atoms with van der Waals surface area (Å²) in [7, 11) is -3.70. The van der Waals surface area contributed by atoms with E-state index in [4.69, 9.17) is 4.74 Å². The molecule has 2 amide bonds. The van der Waals surface area contributed by atoms with Crippen LogP contribution in [0.15, 0.2) is 41.8 Å². The smallest absolute Gasteiger partial charge is 0.407 e. The van der Waals surface area contributed by atoms with Crippen LogP contribution in [0.2, 0.25) is 0 Å². The molecular weight excluding hydrogens is 394 g/mol.